The normalized spacial score (nSPS) is 11.7. The molecule has 0 radical (unpaired) electrons. The number of hydrogen-bond donors (Lipinski definition) is 1. The maximum Gasteiger partial charge on any atom is 0.0412 e. The molecule has 0 aliphatic rings. The van der Waals surface area contributed by atoms with E-state index in [0.29, 0.717) is 5.92 Å². The highest BCUT2D eigenvalue weighted by atomic mass is 14.9. The van der Waals surface area contributed by atoms with Crippen molar-refractivity contribution >= 4 is 0 Å². The minimum absolute atomic E-state index is 0.625. The van der Waals surface area contributed by atoms with E-state index in [-0.39, 0.29) is 0 Å². The lowest BCUT2D eigenvalue weighted by Crippen LogP contribution is -2.12. The van der Waals surface area contributed by atoms with Gasteiger partial charge in [0.25, 0.3) is 0 Å². The molecule has 2 heteroatoms. The first-order valence-corrected chi connectivity index (χ1v) is 7.67. The molecule has 0 saturated heterocycles. The van der Waals surface area contributed by atoms with Gasteiger partial charge in [0.15, 0.2) is 0 Å². The summed E-state index contributed by atoms with van der Waals surface area (Å²) in [5, 5.41) is 3.43. The molecule has 0 amide bonds. The van der Waals surface area contributed by atoms with Gasteiger partial charge in [-0.3, -0.25) is 4.98 Å². The molecule has 0 unspecified atom stereocenters. The van der Waals surface area contributed by atoms with E-state index in [4.69, 9.17) is 0 Å². The zero-order valence-corrected chi connectivity index (χ0v) is 13.2. The SMILES string of the molecule is C=C(/C=C(\C)NCc1cccnc1)C(CCC)CCC. The predicted octanol–water partition coefficient (Wildman–Crippen LogP) is 4.85. The van der Waals surface area contributed by atoms with Crippen molar-refractivity contribution in [1.82, 2.24) is 10.3 Å². The quantitative estimate of drug-likeness (QED) is 0.650. The van der Waals surface area contributed by atoms with Crippen LogP contribution in [-0.2, 0) is 6.54 Å². The Hall–Kier alpha value is -1.57. The third kappa shape index (κ3) is 6.05. The highest BCUT2D eigenvalue weighted by Gasteiger charge is 2.09. The molecule has 0 aromatic carbocycles. The summed E-state index contributed by atoms with van der Waals surface area (Å²) in [7, 11) is 0. The average molecular weight is 272 g/mol. The second-order valence-corrected chi connectivity index (χ2v) is 5.39. The van der Waals surface area contributed by atoms with Crippen molar-refractivity contribution in [2.75, 3.05) is 0 Å². The molecule has 0 aliphatic carbocycles. The van der Waals surface area contributed by atoms with E-state index in [1.54, 1.807) is 6.20 Å². The maximum absolute atomic E-state index is 4.26. The lowest BCUT2D eigenvalue weighted by Gasteiger charge is -2.17. The second-order valence-electron chi connectivity index (χ2n) is 5.39. The second kappa shape index (κ2) is 9.35. The van der Waals surface area contributed by atoms with Crippen LogP contribution in [0.25, 0.3) is 0 Å². The van der Waals surface area contributed by atoms with Crippen LogP contribution in [0.4, 0.5) is 0 Å². The fraction of sp³-hybridized carbons (Fsp3) is 0.500. The van der Waals surface area contributed by atoms with Crippen molar-refractivity contribution in [1.29, 1.82) is 0 Å². The summed E-state index contributed by atoms with van der Waals surface area (Å²) in [6, 6.07) is 4.05. The molecular weight excluding hydrogens is 244 g/mol. The van der Waals surface area contributed by atoms with Gasteiger partial charge in [0.2, 0.25) is 0 Å². The molecule has 1 aromatic heterocycles. The molecule has 1 aromatic rings. The number of aromatic nitrogens is 1. The van der Waals surface area contributed by atoms with Gasteiger partial charge in [0.1, 0.15) is 0 Å². The Morgan fingerprint density at radius 1 is 1.35 bits per heavy atom. The zero-order chi connectivity index (χ0) is 14.8. The molecule has 0 aliphatic heterocycles. The third-order valence-electron chi connectivity index (χ3n) is 3.49. The van der Waals surface area contributed by atoms with Crippen LogP contribution in [0.3, 0.4) is 0 Å². The van der Waals surface area contributed by atoms with Gasteiger partial charge in [0.05, 0.1) is 0 Å². The standard InChI is InChI=1S/C18H28N2/c1-5-8-18(9-6-2)15(3)12-16(4)20-14-17-10-7-11-19-13-17/h7,10-13,18,20H,3,5-6,8-9,14H2,1-2,4H3/b16-12+. The summed E-state index contributed by atoms with van der Waals surface area (Å²) >= 11 is 0. The van der Waals surface area contributed by atoms with Gasteiger partial charge in [-0.25, -0.2) is 0 Å². The third-order valence-corrected chi connectivity index (χ3v) is 3.49. The molecule has 0 bridgehead atoms. The summed E-state index contributed by atoms with van der Waals surface area (Å²) in [5.74, 6) is 0.625. The highest BCUT2D eigenvalue weighted by molar-refractivity contribution is 5.22. The molecule has 0 fully saturated rings. The summed E-state index contributed by atoms with van der Waals surface area (Å²) in [4.78, 5) is 4.12. The molecule has 110 valence electrons. The molecule has 0 spiro atoms. The average Bonchev–Trinajstić information content (AvgIpc) is 2.46. The van der Waals surface area contributed by atoms with E-state index in [2.05, 4.69) is 49.8 Å². The van der Waals surface area contributed by atoms with E-state index in [1.807, 2.05) is 12.3 Å². The van der Waals surface area contributed by atoms with Crippen molar-refractivity contribution in [3.8, 4) is 0 Å². The van der Waals surface area contributed by atoms with Gasteiger partial charge in [-0.2, -0.15) is 0 Å². The van der Waals surface area contributed by atoms with Crippen LogP contribution in [0.15, 0.2) is 48.5 Å². The summed E-state index contributed by atoms with van der Waals surface area (Å²) < 4.78 is 0. The Balaban J connectivity index is 2.51. The Labute approximate surface area is 124 Å². The predicted molar refractivity (Wildman–Crippen MR) is 87.3 cm³/mol. The fourth-order valence-electron chi connectivity index (χ4n) is 2.40. The molecule has 20 heavy (non-hydrogen) atoms. The number of allylic oxidation sites excluding steroid dienone is 3. The van der Waals surface area contributed by atoms with Gasteiger partial charge >= 0.3 is 0 Å². The van der Waals surface area contributed by atoms with Crippen LogP contribution in [-0.4, -0.2) is 4.98 Å². The zero-order valence-electron chi connectivity index (χ0n) is 13.2. The molecule has 0 atom stereocenters. The number of nitrogens with zero attached hydrogens (tertiary/aromatic N) is 1. The van der Waals surface area contributed by atoms with Crippen LogP contribution in [0.2, 0.25) is 0 Å². The molecular formula is C18H28N2. The number of nitrogens with one attached hydrogen (secondary N) is 1. The number of hydrogen-bond acceptors (Lipinski definition) is 2. The Bertz CT molecular complexity index is 414. The number of rotatable bonds is 9. The maximum atomic E-state index is 4.26. The molecule has 1 N–H and O–H groups in total. The van der Waals surface area contributed by atoms with E-state index in [1.165, 1.54) is 42.5 Å². The fourth-order valence-corrected chi connectivity index (χ4v) is 2.40. The van der Waals surface area contributed by atoms with Gasteiger partial charge < -0.3 is 5.32 Å². The van der Waals surface area contributed by atoms with Crippen molar-refractivity contribution in [2.24, 2.45) is 5.92 Å². The summed E-state index contributed by atoms with van der Waals surface area (Å²) in [6.45, 7) is 11.7. The van der Waals surface area contributed by atoms with E-state index < -0.39 is 0 Å². The monoisotopic (exact) mass is 272 g/mol. The van der Waals surface area contributed by atoms with Crippen LogP contribution in [0.5, 0.6) is 0 Å². The Morgan fingerprint density at radius 3 is 2.60 bits per heavy atom. The topological polar surface area (TPSA) is 24.9 Å². The summed E-state index contributed by atoms with van der Waals surface area (Å²) in [6.07, 6.45) is 10.8. The van der Waals surface area contributed by atoms with Crippen LogP contribution in [0.1, 0.15) is 52.0 Å². The largest absolute Gasteiger partial charge is 0.384 e. The van der Waals surface area contributed by atoms with Gasteiger partial charge in [-0.15, -0.1) is 0 Å². The van der Waals surface area contributed by atoms with Crippen molar-refractivity contribution < 1.29 is 0 Å². The lowest BCUT2D eigenvalue weighted by molar-refractivity contribution is 0.513. The first kappa shape index (κ1) is 16.5. The molecule has 1 heterocycles. The van der Waals surface area contributed by atoms with Crippen LogP contribution < -0.4 is 5.32 Å². The van der Waals surface area contributed by atoms with E-state index in [9.17, 15) is 0 Å². The Morgan fingerprint density at radius 2 is 2.05 bits per heavy atom. The molecule has 1 rings (SSSR count). The van der Waals surface area contributed by atoms with Crippen LogP contribution >= 0.6 is 0 Å². The lowest BCUT2D eigenvalue weighted by atomic mass is 9.90. The van der Waals surface area contributed by atoms with Crippen LogP contribution in [0, 0.1) is 5.92 Å². The molecule has 2 nitrogen and oxygen atoms in total. The minimum atomic E-state index is 0.625. The van der Waals surface area contributed by atoms with E-state index in [0.717, 1.165) is 6.54 Å². The van der Waals surface area contributed by atoms with Crippen molar-refractivity contribution in [3.63, 3.8) is 0 Å². The molecule has 0 saturated carbocycles. The van der Waals surface area contributed by atoms with Crippen molar-refractivity contribution in [2.45, 2.75) is 53.0 Å². The van der Waals surface area contributed by atoms with Crippen molar-refractivity contribution in [3.05, 3.63) is 54.0 Å². The van der Waals surface area contributed by atoms with Gasteiger partial charge in [-0.1, -0.05) is 44.9 Å². The van der Waals surface area contributed by atoms with E-state index >= 15 is 0 Å². The van der Waals surface area contributed by atoms with Gasteiger partial charge in [-0.05, 0) is 43.4 Å². The first-order valence-electron chi connectivity index (χ1n) is 7.67. The highest BCUT2D eigenvalue weighted by Crippen LogP contribution is 2.22. The smallest absolute Gasteiger partial charge is 0.0412 e. The Kier molecular flexibility index (Phi) is 7.71. The number of pyridine rings is 1. The minimum Gasteiger partial charge on any atom is -0.384 e. The van der Waals surface area contributed by atoms with Gasteiger partial charge in [0, 0.05) is 24.6 Å². The first-order chi connectivity index (χ1) is 9.67. The summed E-state index contributed by atoms with van der Waals surface area (Å²) in [5.41, 5.74) is 3.63.